The molecule has 0 radical (unpaired) electrons. The van der Waals surface area contributed by atoms with E-state index in [9.17, 15) is 17.2 Å². The van der Waals surface area contributed by atoms with E-state index in [0.29, 0.717) is 11.6 Å². The van der Waals surface area contributed by atoms with Crippen molar-refractivity contribution in [2.75, 3.05) is 4.72 Å². The average Bonchev–Trinajstić information content (AvgIpc) is 2.37. The van der Waals surface area contributed by atoms with Crippen molar-refractivity contribution in [1.82, 2.24) is 0 Å². The summed E-state index contributed by atoms with van der Waals surface area (Å²) in [6.45, 7) is 1.72. The van der Waals surface area contributed by atoms with Crippen LogP contribution < -0.4 is 4.72 Å². The molecular weight excluding hydrogens is 388 g/mol. The molecule has 3 nitrogen and oxygen atoms in total. The Bertz CT molecular complexity index is 789. The standard InChI is InChI=1S/C13H9BrClF2NO2S/c1-7-4-9(2-3-10(7)14)21(19,20)18-13-11(15)5-8(16)6-12(13)17/h2-6,18H,1H3. The minimum absolute atomic E-state index is 0.0528. The van der Waals surface area contributed by atoms with E-state index in [1.165, 1.54) is 12.1 Å². The monoisotopic (exact) mass is 395 g/mol. The molecule has 1 N–H and O–H groups in total. The van der Waals surface area contributed by atoms with E-state index in [0.717, 1.165) is 10.5 Å². The van der Waals surface area contributed by atoms with Crippen molar-refractivity contribution in [1.29, 1.82) is 0 Å². The molecule has 0 aliphatic carbocycles. The molecule has 0 aliphatic rings. The Hall–Kier alpha value is -1.18. The summed E-state index contributed by atoms with van der Waals surface area (Å²) in [5, 5.41) is -0.357. The van der Waals surface area contributed by atoms with Gasteiger partial charge in [0.25, 0.3) is 10.0 Å². The fraction of sp³-hybridized carbons (Fsp3) is 0.0769. The third-order valence-electron chi connectivity index (χ3n) is 2.68. The summed E-state index contributed by atoms with van der Waals surface area (Å²) in [5.41, 5.74) is 0.210. The van der Waals surface area contributed by atoms with Crippen LogP contribution in [-0.4, -0.2) is 8.42 Å². The van der Waals surface area contributed by atoms with E-state index in [2.05, 4.69) is 15.9 Å². The molecule has 8 heteroatoms. The van der Waals surface area contributed by atoms with Gasteiger partial charge in [-0.2, -0.15) is 0 Å². The number of sulfonamides is 1. The summed E-state index contributed by atoms with van der Waals surface area (Å²) in [4.78, 5) is -0.0528. The Labute approximate surface area is 134 Å². The summed E-state index contributed by atoms with van der Waals surface area (Å²) in [5.74, 6) is -1.97. The molecular formula is C13H9BrClF2NO2S. The van der Waals surface area contributed by atoms with Crippen LogP contribution in [0.4, 0.5) is 14.5 Å². The summed E-state index contributed by atoms with van der Waals surface area (Å²) in [6, 6.07) is 5.72. The highest BCUT2D eigenvalue weighted by molar-refractivity contribution is 9.10. The maximum atomic E-state index is 13.6. The van der Waals surface area contributed by atoms with Crippen LogP contribution in [-0.2, 0) is 10.0 Å². The van der Waals surface area contributed by atoms with Gasteiger partial charge in [0, 0.05) is 10.5 Å². The largest absolute Gasteiger partial charge is 0.275 e. The first-order valence-electron chi connectivity index (χ1n) is 5.64. The average molecular weight is 397 g/mol. The van der Waals surface area contributed by atoms with Gasteiger partial charge in [0.1, 0.15) is 11.5 Å². The first-order chi connectivity index (χ1) is 9.70. The van der Waals surface area contributed by atoms with Crippen molar-refractivity contribution in [3.05, 3.63) is 57.0 Å². The molecule has 0 bridgehead atoms. The highest BCUT2D eigenvalue weighted by Gasteiger charge is 2.19. The minimum Gasteiger partial charge on any atom is -0.275 e. The molecule has 0 aliphatic heterocycles. The van der Waals surface area contributed by atoms with Crippen LogP contribution in [0.15, 0.2) is 39.7 Å². The first-order valence-corrected chi connectivity index (χ1v) is 8.29. The van der Waals surface area contributed by atoms with Gasteiger partial charge in [-0.25, -0.2) is 17.2 Å². The zero-order valence-electron chi connectivity index (χ0n) is 10.6. The van der Waals surface area contributed by atoms with Crippen LogP contribution in [0.25, 0.3) is 0 Å². The third-order valence-corrected chi connectivity index (χ3v) is 5.22. The van der Waals surface area contributed by atoms with Gasteiger partial charge in [0.05, 0.1) is 9.92 Å². The van der Waals surface area contributed by atoms with Crippen molar-refractivity contribution in [3.63, 3.8) is 0 Å². The number of anilines is 1. The number of rotatable bonds is 3. The molecule has 2 aromatic carbocycles. The number of halogens is 4. The zero-order valence-corrected chi connectivity index (χ0v) is 13.8. The van der Waals surface area contributed by atoms with Crippen molar-refractivity contribution in [3.8, 4) is 0 Å². The van der Waals surface area contributed by atoms with Crippen LogP contribution in [0.5, 0.6) is 0 Å². The van der Waals surface area contributed by atoms with Gasteiger partial charge < -0.3 is 0 Å². The lowest BCUT2D eigenvalue weighted by molar-refractivity contribution is 0.583. The number of hydrogen-bond donors (Lipinski definition) is 1. The van der Waals surface area contributed by atoms with Gasteiger partial charge in [0.2, 0.25) is 0 Å². The van der Waals surface area contributed by atoms with Crippen LogP contribution in [0.3, 0.4) is 0 Å². The maximum Gasteiger partial charge on any atom is 0.262 e. The van der Waals surface area contributed by atoms with Crippen LogP contribution >= 0.6 is 27.5 Å². The number of benzene rings is 2. The predicted molar refractivity (Wildman–Crippen MR) is 81.1 cm³/mol. The lowest BCUT2D eigenvalue weighted by Gasteiger charge is -2.11. The second kappa shape index (κ2) is 5.90. The SMILES string of the molecule is Cc1cc(S(=O)(=O)Nc2c(F)cc(F)cc2Cl)ccc1Br. The summed E-state index contributed by atoms with van der Waals surface area (Å²) >= 11 is 8.93. The minimum atomic E-state index is -4.03. The topological polar surface area (TPSA) is 46.2 Å². The van der Waals surface area contributed by atoms with E-state index in [4.69, 9.17) is 11.6 Å². The lowest BCUT2D eigenvalue weighted by Crippen LogP contribution is -2.14. The highest BCUT2D eigenvalue weighted by Crippen LogP contribution is 2.29. The quantitative estimate of drug-likeness (QED) is 0.831. The van der Waals surface area contributed by atoms with Crippen LogP contribution in [0, 0.1) is 18.6 Å². The van der Waals surface area contributed by atoms with E-state index in [-0.39, 0.29) is 9.92 Å². The molecule has 0 aromatic heterocycles. The molecule has 0 heterocycles. The molecule has 0 spiro atoms. The normalized spacial score (nSPS) is 11.5. The maximum absolute atomic E-state index is 13.6. The molecule has 0 saturated carbocycles. The lowest BCUT2D eigenvalue weighted by atomic mass is 10.2. The first kappa shape index (κ1) is 16.2. The van der Waals surface area contributed by atoms with Crippen LogP contribution in [0.2, 0.25) is 5.02 Å². The smallest absolute Gasteiger partial charge is 0.262 e. The fourth-order valence-electron chi connectivity index (χ4n) is 1.62. The second-order valence-corrected chi connectivity index (χ2v) is 7.20. The Morgan fingerprint density at radius 1 is 1.19 bits per heavy atom. The van der Waals surface area contributed by atoms with Crippen molar-refractivity contribution in [2.24, 2.45) is 0 Å². The molecule has 0 saturated heterocycles. The molecule has 112 valence electrons. The number of hydrogen-bond acceptors (Lipinski definition) is 2. The van der Waals surface area contributed by atoms with Crippen LogP contribution in [0.1, 0.15) is 5.56 Å². The predicted octanol–water partition coefficient (Wildman–Crippen LogP) is 4.49. The molecule has 0 unspecified atom stereocenters. The van der Waals surface area contributed by atoms with Gasteiger partial charge in [-0.1, -0.05) is 27.5 Å². The number of aryl methyl sites for hydroxylation is 1. The van der Waals surface area contributed by atoms with Gasteiger partial charge in [-0.15, -0.1) is 0 Å². The fourth-order valence-corrected chi connectivity index (χ4v) is 3.33. The highest BCUT2D eigenvalue weighted by atomic mass is 79.9. The Kier molecular flexibility index (Phi) is 4.55. The molecule has 0 amide bonds. The summed E-state index contributed by atoms with van der Waals surface area (Å²) in [6.07, 6.45) is 0. The molecule has 2 rings (SSSR count). The second-order valence-electron chi connectivity index (χ2n) is 4.26. The van der Waals surface area contributed by atoms with E-state index < -0.39 is 27.3 Å². The summed E-state index contributed by atoms with van der Waals surface area (Å²) < 4.78 is 53.8. The van der Waals surface area contributed by atoms with Crippen molar-refractivity contribution in [2.45, 2.75) is 11.8 Å². The van der Waals surface area contributed by atoms with Gasteiger partial charge in [-0.05, 0) is 36.8 Å². The van der Waals surface area contributed by atoms with E-state index in [1.54, 1.807) is 13.0 Å². The van der Waals surface area contributed by atoms with E-state index >= 15 is 0 Å². The van der Waals surface area contributed by atoms with Crippen molar-refractivity contribution < 1.29 is 17.2 Å². The van der Waals surface area contributed by atoms with Gasteiger partial charge in [0.15, 0.2) is 5.82 Å². The molecule has 2 aromatic rings. The Morgan fingerprint density at radius 2 is 1.86 bits per heavy atom. The molecule has 0 fully saturated rings. The van der Waals surface area contributed by atoms with Gasteiger partial charge >= 0.3 is 0 Å². The Morgan fingerprint density at radius 3 is 2.43 bits per heavy atom. The van der Waals surface area contributed by atoms with Gasteiger partial charge in [-0.3, -0.25) is 4.72 Å². The number of nitrogens with one attached hydrogen (secondary N) is 1. The van der Waals surface area contributed by atoms with Crippen molar-refractivity contribution >= 4 is 43.2 Å². The molecule has 21 heavy (non-hydrogen) atoms. The molecule has 0 atom stereocenters. The Balaban J connectivity index is 2.44. The zero-order chi connectivity index (χ0) is 15.8. The summed E-state index contributed by atoms with van der Waals surface area (Å²) in [7, 11) is -4.03. The van der Waals surface area contributed by atoms with E-state index in [1.807, 2.05) is 4.72 Å². The third kappa shape index (κ3) is 3.53.